The van der Waals surface area contributed by atoms with Crippen LogP contribution >= 0.6 is 0 Å². The lowest BCUT2D eigenvalue weighted by Crippen LogP contribution is -2.53. The van der Waals surface area contributed by atoms with E-state index in [0.717, 1.165) is 0 Å². The maximum Gasteiger partial charge on any atom is 0.303 e. The molecule has 2 saturated heterocycles. The van der Waals surface area contributed by atoms with Crippen LogP contribution in [0.5, 0.6) is 0 Å². The summed E-state index contributed by atoms with van der Waals surface area (Å²) in [5.41, 5.74) is 0. The number of hydrogen-bond acceptors (Lipinski definition) is 14. The molecule has 2 fully saturated rings. The highest BCUT2D eigenvalue weighted by Gasteiger charge is 2.45. The molecule has 0 aromatic heterocycles. The van der Waals surface area contributed by atoms with Crippen molar-refractivity contribution in [3.05, 3.63) is 0 Å². The first kappa shape index (κ1) is 37.8. The lowest BCUT2D eigenvalue weighted by atomic mass is 9.83. The monoisotopic (exact) mass is 634 g/mol. The van der Waals surface area contributed by atoms with Crippen LogP contribution in [0.25, 0.3) is 0 Å². The van der Waals surface area contributed by atoms with E-state index < -0.39 is 60.9 Å². The molecule has 2 aliphatic rings. The summed E-state index contributed by atoms with van der Waals surface area (Å²) in [6.45, 7) is 14.7. The zero-order chi connectivity index (χ0) is 32.8. The molecule has 0 radical (unpaired) electrons. The van der Waals surface area contributed by atoms with Crippen LogP contribution in [0.1, 0.15) is 55.4 Å². The molecular weight excluding hydrogens is 584 g/mol. The minimum absolute atomic E-state index is 0.0395. The molecule has 2 rings (SSSR count). The third-order valence-electron chi connectivity index (χ3n) is 7.92. The number of carbonyl (C=O) groups is 4. The van der Waals surface area contributed by atoms with Crippen molar-refractivity contribution in [3.8, 4) is 0 Å². The fourth-order valence-corrected chi connectivity index (χ4v) is 5.05. The highest BCUT2D eigenvalue weighted by atomic mass is 16.7. The molecule has 2 heterocycles. The van der Waals surface area contributed by atoms with Crippen molar-refractivity contribution < 1.29 is 66.5 Å². The predicted molar refractivity (Wildman–Crippen MR) is 152 cm³/mol. The Labute approximate surface area is 259 Å². The fraction of sp³-hybridized carbons (Fsp3) is 0.867. The number of hydrogen-bond donors (Lipinski definition) is 0. The van der Waals surface area contributed by atoms with Crippen molar-refractivity contribution >= 4 is 23.9 Å². The Morgan fingerprint density at radius 2 is 0.841 bits per heavy atom. The van der Waals surface area contributed by atoms with Crippen LogP contribution in [0.4, 0.5) is 0 Å². The van der Waals surface area contributed by atoms with Crippen molar-refractivity contribution in [3.63, 3.8) is 0 Å². The lowest BCUT2D eigenvalue weighted by Gasteiger charge is -2.43. The maximum absolute atomic E-state index is 11.7. The largest absolute Gasteiger partial charge is 0.463 e. The molecule has 0 aliphatic carbocycles. The van der Waals surface area contributed by atoms with E-state index in [1.807, 2.05) is 27.7 Å². The highest BCUT2D eigenvalue weighted by Crippen LogP contribution is 2.34. The molecule has 14 nitrogen and oxygen atoms in total. The second-order valence-corrected chi connectivity index (χ2v) is 11.2. The molecule has 14 heteroatoms. The molecule has 10 atom stereocenters. The smallest absolute Gasteiger partial charge is 0.303 e. The molecule has 0 amide bonds. The van der Waals surface area contributed by atoms with Gasteiger partial charge in [0.2, 0.25) is 0 Å². The van der Waals surface area contributed by atoms with Crippen molar-refractivity contribution in [1.82, 2.24) is 0 Å². The summed E-state index contributed by atoms with van der Waals surface area (Å²) < 4.78 is 56.1. The highest BCUT2D eigenvalue weighted by molar-refractivity contribution is 5.67. The molecule has 0 aromatic carbocycles. The van der Waals surface area contributed by atoms with Crippen LogP contribution in [0.15, 0.2) is 0 Å². The lowest BCUT2D eigenvalue weighted by molar-refractivity contribution is -0.282. The summed E-state index contributed by atoms with van der Waals surface area (Å²) in [7, 11) is 0. The molecule has 0 bridgehead atoms. The fourth-order valence-electron chi connectivity index (χ4n) is 5.05. The zero-order valence-corrected chi connectivity index (χ0v) is 27.1. The Bertz CT molecular complexity index is 836. The second kappa shape index (κ2) is 19.2. The van der Waals surface area contributed by atoms with Gasteiger partial charge in [-0.25, -0.2) is 0 Å². The SMILES string of the molecule is CC(=O)OCC1O[C@H](OCCOCCOCCO[C@H]2OC(COC(C)=O)[C@@H](C)[C@H](C)C2OC(C)=O)C(OC(C)=O)[C@@H](C)[C@@H]1C. The van der Waals surface area contributed by atoms with Gasteiger partial charge in [-0.3, -0.25) is 19.2 Å². The number of carbonyl (C=O) groups excluding carboxylic acids is 4. The van der Waals surface area contributed by atoms with Gasteiger partial charge in [-0.2, -0.15) is 0 Å². The van der Waals surface area contributed by atoms with Crippen LogP contribution in [-0.2, 0) is 66.5 Å². The van der Waals surface area contributed by atoms with Gasteiger partial charge in [0.1, 0.15) is 13.2 Å². The van der Waals surface area contributed by atoms with E-state index in [-0.39, 0.29) is 63.3 Å². The Balaban J connectivity index is 1.71. The van der Waals surface area contributed by atoms with E-state index >= 15 is 0 Å². The average molecular weight is 635 g/mol. The van der Waals surface area contributed by atoms with E-state index in [0.29, 0.717) is 13.2 Å². The second-order valence-electron chi connectivity index (χ2n) is 11.2. The summed E-state index contributed by atoms with van der Waals surface area (Å²) in [6.07, 6.45) is -3.71. The van der Waals surface area contributed by atoms with Crippen LogP contribution in [-0.4, -0.2) is 114 Å². The molecule has 0 aromatic rings. The quantitative estimate of drug-likeness (QED) is 0.130. The maximum atomic E-state index is 11.7. The van der Waals surface area contributed by atoms with Gasteiger partial charge in [-0.15, -0.1) is 0 Å². The van der Waals surface area contributed by atoms with Crippen molar-refractivity contribution in [2.45, 2.75) is 92.4 Å². The van der Waals surface area contributed by atoms with E-state index in [1.165, 1.54) is 27.7 Å². The van der Waals surface area contributed by atoms with E-state index in [2.05, 4.69) is 0 Å². The van der Waals surface area contributed by atoms with Crippen molar-refractivity contribution in [2.24, 2.45) is 23.7 Å². The summed E-state index contributed by atoms with van der Waals surface area (Å²) >= 11 is 0. The Morgan fingerprint density at radius 3 is 1.16 bits per heavy atom. The third-order valence-corrected chi connectivity index (χ3v) is 7.92. The first-order valence-corrected chi connectivity index (χ1v) is 15.1. The summed E-state index contributed by atoms with van der Waals surface area (Å²) in [5, 5.41) is 0. The van der Waals surface area contributed by atoms with Crippen molar-refractivity contribution in [1.29, 1.82) is 0 Å². The van der Waals surface area contributed by atoms with Gasteiger partial charge in [0.05, 0.1) is 51.8 Å². The first-order chi connectivity index (χ1) is 20.8. The van der Waals surface area contributed by atoms with Gasteiger partial charge in [0.15, 0.2) is 24.8 Å². The Hall–Kier alpha value is -2.36. The standard InChI is InChI=1S/C30H50O14/c1-17-19(3)27(41-23(7)33)29(43-25(17)15-39-21(5)31)37-13-11-35-9-10-36-12-14-38-30-28(42-24(8)34)20(4)18(2)26(44-30)16-40-22(6)32/h17-20,25-30H,9-16H2,1-8H3/t17-,18-,19-,20-,25?,26?,27?,28?,29-,30-/m0/s1. The summed E-state index contributed by atoms with van der Waals surface area (Å²) in [4.78, 5) is 45.9. The Morgan fingerprint density at radius 1 is 0.500 bits per heavy atom. The van der Waals surface area contributed by atoms with Crippen molar-refractivity contribution in [2.75, 3.05) is 52.9 Å². The molecule has 254 valence electrons. The predicted octanol–water partition coefficient (Wildman–Crippen LogP) is 2.04. The van der Waals surface area contributed by atoms with Gasteiger partial charge in [0, 0.05) is 39.5 Å². The van der Waals surface area contributed by atoms with Crippen LogP contribution < -0.4 is 0 Å². The first-order valence-electron chi connectivity index (χ1n) is 15.1. The van der Waals surface area contributed by atoms with E-state index in [1.54, 1.807) is 0 Å². The van der Waals surface area contributed by atoms with Crippen LogP contribution in [0.2, 0.25) is 0 Å². The van der Waals surface area contributed by atoms with Gasteiger partial charge < -0.3 is 47.4 Å². The summed E-state index contributed by atoms with van der Waals surface area (Å²) in [6, 6.07) is 0. The summed E-state index contributed by atoms with van der Waals surface area (Å²) in [5.74, 6) is -1.95. The Kier molecular flexibility index (Phi) is 16.5. The molecule has 0 N–H and O–H groups in total. The third kappa shape index (κ3) is 12.6. The minimum atomic E-state index is -0.834. The normalized spacial score (nSPS) is 32.0. The van der Waals surface area contributed by atoms with Crippen LogP contribution in [0.3, 0.4) is 0 Å². The van der Waals surface area contributed by atoms with Gasteiger partial charge in [-0.05, 0) is 11.8 Å². The average Bonchev–Trinajstić information content (AvgIpc) is 2.94. The van der Waals surface area contributed by atoms with Gasteiger partial charge in [0.25, 0.3) is 0 Å². The minimum Gasteiger partial charge on any atom is -0.463 e. The molecule has 2 aliphatic heterocycles. The number of esters is 4. The molecule has 0 saturated carbocycles. The van der Waals surface area contributed by atoms with Gasteiger partial charge in [-0.1, -0.05) is 27.7 Å². The molecular formula is C30H50O14. The number of rotatable bonds is 17. The van der Waals surface area contributed by atoms with Gasteiger partial charge >= 0.3 is 23.9 Å². The van der Waals surface area contributed by atoms with Crippen LogP contribution in [0, 0.1) is 23.7 Å². The topological polar surface area (TPSA) is 161 Å². The number of ether oxygens (including phenoxy) is 10. The van der Waals surface area contributed by atoms with E-state index in [4.69, 9.17) is 47.4 Å². The molecule has 4 unspecified atom stereocenters. The van der Waals surface area contributed by atoms with E-state index in [9.17, 15) is 19.2 Å². The molecule has 0 spiro atoms. The zero-order valence-electron chi connectivity index (χ0n) is 27.1. The molecule has 44 heavy (non-hydrogen) atoms.